The highest BCUT2D eigenvalue weighted by molar-refractivity contribution is 6.62. The average molecular weight is 363 g/mol. The Labute approximate surface area is 154 Å². The zero-order valence-corrected chi connectivity index (χ0v) is 16.2. The number of carbonyl (C=O) groups is 2. The number of amides is 1. The van der Waals surface area contributed by atoms with Crippen molar-refractivity contribution < 1.29 is 28.4 Å². The maximum absolute atomic E-state index is 11.9. The molecular weight excluding hydrogens is 337 g/mol. The van der Waals surface area contributed by atoms with E-state index in [0.29, 0.717) is 18.0 Å². The fourth-order valence-corrected chi connectivity index (χ4v) is 2.41. The van der Waals surface area contributed by atoms with Gasteiger partial charge in [0.05, 0.1) is 30.1 Å². The molecule has 1 amide bonds. The van der Waals surface area contributed by atoms with E-state index >= 15 is 0 Å². The molecule has 1 heterocycles. The molecule has 2 rings (SSSR count). The number of rotatable bonds is 5. The highest BCUT2D eigenvalue weighted by Crippen LogP contribution is 2.37. The van der Waals surface area contributed by atoms with Gasteiger partial charge in [0.25, 0.3) is 0 Å². The van der Waals surface area contributed by atoms with Crippen molar-refractivity contribution in [3.8, 4) is 5.75 Å². The predicted molar refractivity (Wildman–Crippen MR) is 98.6 cm³/mol. The van der Waals surface area contributed by atoms with Gasteiger partial charge >= 0.3 is 19.0 Å². The average Bonchev–Trinajstić information content (AvgIpc) is 2.77. The van der Waals surface area contributed by atoms with Crippen LogP contribution in [0.3, 0.4) is 0 Å². The molecule has 0 aliphatic carbocycles. The summed E-state index contributed by atoms with van der Waals surface area (Å²) >= 11 is 0. The zero-order chi connectivity index (χ0) is 19.5. The number of hydrogen-bond acceptors (Lipinski definition) is 6. The lowest BCUT2D eigenvalue weighted by Crippen LogP contribution is -2.41. The Morgan fingerprint density at radius 3 is 2.23 bits per heavy atom. The number of nitrogens with one attached hydrogen (secondary N) is 1. The number of ether oxygens (including phenoxy) is 2. The van der Waals surface area contributed by atoms with Crippen LogP contribution in [0, 0.1) is 0 Å². The smallest absolute Gasteiger partial charge is 0.492 e. The van der Waals surface area contributed by atoms with Crippen LogP contribution >= 0.6 is 0 Å². The molecule has 0 saturated carbocycles. The Bertz CT molecular complexity index is 672. The van der Waals surface area contributed by atoms with E-state index in [0.717, 1.165) is 5.46 Å². The molecule has 0 unspecified atom stereocenters. The van der Waals surface area contributed by atoms with Gasteiger partial charge in [-0.05, 0) is 59.1 Å². The molecule has 1 aliphatic rings. The van der Waals surface area contributed by atoms with Crippen molar-refractivity contribution in [2.45, 2.75) is 52.7 Å². The minimum atomic E-state index is -0.940. The van der Waals surface area contributed by atoms with Gasteiger partial charge in [0.15, 0.2) is 0 Å². The van der Waals surface area contributed by atoms with E-state index in [1.165, 1.54) is 0 Å². The third-order valence-electron chi connectivity index (χ3n) is 4.54. The quantitative estimate of drug-likeness (QED) is 0.489. The largest absolute Gasteiger partial charge is 0.494 e. The molecule has 142 valence electrons. The van der Waals surface area contributed by atoms with Gasteiger partial charge in [-0.1, -0.05) is 6.07 Å². The van der Waals surface area contributed by atoms with Gasteiger partial charge in [0.2, 0.25) is 0 Å². The van der Waals surface area contributed by atoms with Crippen LogP contribution in [0.5, 0.6) is 5.75 Å². The first-order valence-corrected chi connectivity index (χ1v) is 8.71. The maximum atomic E-state index is 11.9. The van der Waals surface area contributed by atoms with E-state index in [-0.39, 0.29) is 6.61 Å². The summed E-state index contributed by atoms with van der Waals surface area (Å²) in [6.45, 7) is 11.9. The van der Waals surface area contributed by atoms with Crippen LogP contribution in [0.4, 0.5) is 5.69 Å². The number of carbonyl (C=O) groups excluding carboxylic acids is 2. The molecule has 0 atom stereocenters. The van der Waals surface area contributed by atoms with Crippen molar-refractivity contribution in [2.24, 2.45) is 0 Å². The highest BCUT2D eigenvalue weighted by Gasteiger charge is 2.51. The monoisotopic (exact) mass is 363 g/mol. The molecule has 7 nitrogen and oxygen atoms in total. The van der Waals surface area contributed by atoms with Crippen molar-refractivity contribution in [1.82, 2.24) is 0 Å². The molecule has 26 heavy (non-hydrogen) atoms. The van der Waals surface area contributed by atoms with Gasteiger partial charge in [0, 0.05) is 0 Å². The summed E-state index contributed by atoms with van der Waals surface area (Å²) < 4.78 is 22.4. The lowest BCUT2D eigenvalue weighted by atomic mass is 9.79. The second-order valence-electron chi connectivity index (χ2n) is 6.95. The Kier molecular flexibility index (Phi) is 5.98. The standard InChI is InChI=1S/C18H26BNO6/c1-7-23-14-11-12(19-25-17(3,4)18(5,6)26-19)9-10-13(14)20-15(21)16(22)24-8-2/h9-11H,7-8H2,1-6H3,(H,20,21). The van der Waals surface area contributed by atoms with Gasteiger partial charge in [-0.25, -0.2) is 4.79 Å². The van der Waals surface area contributed by atoms with Crippen molar-refractivity contribution in [3.63, 3.8) is 0 Å². The minimum Gasteiger partial charge on any atom is -0.492 e. The lowest BCUT2D eigenvalue weighted by Gasteiger charge is -2.32. The zero-order valence-electron chi connectivity index (χ0n) is 16.2. The van der Waals surface area contributed by atoms with Crippen LogP contribution in [0.1, 0.15) is 41.5 Å². The topological polar surface area (TPSA) is 83.1 Å². The Morgan fingerprint density at radius 2 is 1.69 bits per heavy atom. The molecule has 1 saturated heterocycles. The van der Waals surface area contributed by atoms with Crippen LogP contribution in [0.2, 0.25) is 0 Å². The van der Waals surface area contributed by atoms with Gasteiger partial charge < -0.3 is 24.1 Å². The molecule has 1 aliphatic heterocycles. The number of esters is 1. The van der Waals surface area contributed by atoms with Crippen molar-refractivity contribution in [1.29, 1.82) is 0 Å². The van der Waals surface area contributed by atoms with E-state index in [2.05, 4.69) is 5.32 Å². The van der Waals surface area contributed by atoms with E-state index in [1.807, 2.05) is 34.6 Å². The number of hydrogen-bond donors (Lipinski definition) is 1. The summed E-state index contributed by atoms with van der Waals surface area (Å²) in [6.07, 6.45) is 0. The van der Waals surface area contributed by atoms with Gasteiger partial charge in [-0.3, -0.25) is 4.79 Å². The first-order chi connectivity index (χ1) is 12.1. The van der Waals surface area contributed by atoms with E-state index < -0.39 is 30.2 Å². The summed E-state index contributed by atoms with van der Waals surface area (Å²) in [5.41, 5.74) is 0.229. The van der Waals surface area contributed by atoms with Gasteiger partial charge in [-0.2, -0.15) is 0 Å². The summed E-state index contributed by atoms with van der Waals surface area (Å²) in [5.74, 6) is -1.36. The first kappa shape index (κ1) is 20.3. The number of benzene rings is 1. The second kappa shape index (κ2) is 7.67. The van der Waals surface area contributed by atoms with E-state index in [9.17, 15) is 9.59 Å². The van der Waals surface area contributed by atoms with Crippen molar-refractivity contribution in [3.05, 3.63) is 18.2 Å². The lowest BCUT2D eigenvalue weighted by molar-refractivity contribution is -0.152. The molecule has 8 heteroatoms. The minimum absolute atomic E-state index is 0.130. The van der Waals surface area contributed by atoms with Crippen molar-refractivity contribution >= 4 is 30.1 Å². The molecule has 1 aromatic carbocycles. The summed E-state index contributed by atoms with van der Waals surface area (Å²) in [6, 6.07) is 5.17. The molecule has 0 spiro atoms. The summed E-state index contributed by atoms with van der Waals surface area (Å²) in [7, 11) is -0.547. The maximum Gasteiger partial charge on any atom is 0.494 e. The Morgan fingerprint density at radius 1 is 1.08 bits per heavy atom. The molecule has 1 N–H and O–H groups in total. The van der Waals surface area contributed by atoms with Crippen LogP contribution in [-0.2, 0) is 23.6 Å². The number of anilines is 1. The normalized spacial score (nSPS) is 17.7. The van der Waals surface area contributed by atoms with E-state index in [1.54, 1.807) is 25.1 Å². The molecule has 1 aromatic rings. The van der Waals surface area contributed by atoms with Crippen LogP contribution in [-0.4, -0.2) is 43.4 Å². The Balaban J connectivity index is 2.24. The van der Waals surface area contributed by atoms with Crippen LogP contribution in [0.15, 0.2) is 18.2 Å². The molecule has 0 radical (unpaired) electrons. The summed E-state index contributed by atoms with van der Waals surface area (Å²) in [5, 5.41) is 2.51. The molecular formula is C18H26BNO6. The van der Waals surface area contributed by atoms with Gasteiger partial charge in [0.1, 0.15) is 5.75 Å². The van der Waals surface area contributed by atoms with Crippen LogP contribution in [0.25, 0.3) is 0 Å². The molecule has 1 fully saturated rings. The molecule has 0 bridgehead atoms. The van der Waals surface area contributed by atoms with E-state index in [4.69, 9.17) is 18.8 Å². The third kappa shape index (κ3) is 4.19. The Hall–Kier alpha value is -2.06. The first-order valence-electron chi connectivity index (χ1n) is 8.71. The third-order valence-corrected chi connectivity index (χ3v) is 4.54. The fourth-order valence-electron chi connectivity index (χ4n) is 2.41. The van der Waals surface area contributed by atoms with Crippen molar-refractivity contribution in [2.75, 3.05) is 18.5 Å². The van der Waals surface area contributed by atoms with Gasteiger partial charge in [-0.15, -0.1) is 0 Å². The molecule has 0 aromatic heterocycles. The van der Waals surface area contributed by atoms with Crippen LogP contribution < -0.4 is 15.5 Å². The second-order valence-corrected chi connectivity index (χ2v) is 6.95. The predicted octanol–water partition coefficient (Wildman–Crippen LogP) is 1.89. The SMILES string of the molecule is CCOC(=O)C(=O)Nc1ccc(B2OC(C)(C)C(C)(C)O2)cc1OCC. The highest BCUT2D eigenvalue weighted by atomic mass is 16.7. The fraction of sp³-hybridized carbons (Fsp3) is 0.556. The summed E-state index contributed by atoms with van der Waals surface area (Å²) in [4.78, 5) is 23.4.